The van der Waals surface area contributed by atoms with E-state index in [9.17, 15) is 0 Å². The molecule has 1 fully saturated rings. The van der Waals surface area contributed by atoms with Crippen LogP contribution in [0, 0.1) is 12.3 Å². The average molecular weight is 220 g/mol. The molecule has 1 aliphatic heterocycles. The molecule has 0 atom stereocenters. The van der Waals surface area contributed by atoms with Crippen molar-refractivity contribution in [2.24, 2.45) is 5.41 Å². The van der Waals surface area contributed by atoms with Crippen LogP contribution in [0.25, 0.3) is 0 Å². The smallest absolute Gasteiger partial charge is 0.137 e. The summed E-state index contributed by atoms with van der Waals surface area (Å²) in [5.41, 5.74) is 7.18. The molecule has 2 heterocycles. The SMILES string of the molecule is Cc1c(N)ncnc1N1CCCC(C)(C)C1. The van der Waals surface area contributed by atoms with Crippen molar-refractivity contribution in [1.29, 1.82) is 0 Å². The summed E-state index contributed by atoms with van der Waals surface area (Å²) in [7, 11) is 0. The van der Waals surface area contributed by atoms with Crippen molar-refractivity contribution in [2.45, 2.75) is 33.6 Å². The van der Waals surface area contributed by atoms with Crippen LogP contribution in [0.15, 0.2) is 6.33 Å². The third kappa shape index (κ3) is 2.10. The highest BCUT2D eigenvalue weighted by atomic mass is 15.2. The first-order valence-electron chi connectivity index (χ1n) is 5.82. The lowest BCUT2D eigenvalue weighted by molar-refractivity contribution is 0.292. The highest BCUT2D eigenvalue weighted by Crippen LogP contribution is 2.32. The van der Waals surface area contributed by atoms with Crippen molar-refractivity contribution < 1.29 is 0 Å². The molecule has 0 aromatic carbocycles. The molecule has 0 saturated carbocycles. The average Bonchev–Trinajstić information content (AvgIpc) is 2.20. The minimum atomic E-state index is 0.365. The van der Waals surface area contributed by atoms with E-state index >= 15 is 0 Å². The Morgan fingerprint density at radius 3 is 2.81 bits per heavy atom. The maximum absolute atomic E-state index is 5.82. The van der Waals surface area contributed by atoms with E-state index in [4.69, 9.17) is 5.73 Å². The fourth-order valence-corrected chi connectivity index (χ4v) is 2.38. The second-order valence-corrected chi connectivity index (χ2v) is 5.40. The number of nitrogens with two attached hydrogens (primary N) is 1. The Bertz CT molecular complexity index is 387. The number of hydrogen-bond donors (Lipinski definition) is 1. The molecule has 1 aliphatic rings. The van der Waals surface area contributed by atoms with E-state index in [0.717, 1.165) is 24.5 Å². The van der Waals surface area contributed by atoms with Gasteiger partial charge in [-0.1, -0.05) is 13.8 Å². The minimum Gasteiger partial charge on any atom is -0.383 e. The molecule has 16 heavy (non-hydrogen) atoms. The van der Waals surface area contributed by atoms with Crippen LogP contribution in [-0.4, -0.2) is 23.1 Å². The number of anilines is 2. The highest BCUT2D eigenvalue weighted by molar-refractivity contribution is 5.55. The predicted molar refractivity (Wildman–Crippen MR) is 66.4 cm³/mol. The van der Waals surface area contributed by atoms with Crippen molar-refractivity contribution in [3.63, 3.8) is 0 Å². The van der Waals surface area contributed by atoms with Crippen LogP contribution in [0.3, 0.4) is 0 Å². The first-order valence-corrected chi connectivity index (χ1v) is 5.82. The van der Waals surface area contributed by atoms with Gasteiger partial charge < -0.3 is 10.6 Å². The van der Waals surface area contributed by atoms with Gasteiger partial charge in [0.25, 0.3) is 0 Å². The maximum atomic E-state index is 5.82. The van der Waals surface area contributed by atoms with Gasteiger partial charge in [0.1, 0.15) is 18.0 Å². The van der Waals surface area contributed by atoms with Gasteiger partial charge in [-0.25, -0.2) is 9.97 Å². The van der Waals surface area contributed by atoms with Crippen LogP contribution in [0.2, 0.25) is 0 Å². The topological polar surface area (TPSA) is 55.0 Å². The Hall–Kier alpha value is -1.32. The Morgan fingerprint density at radius 2 is 2.12 bits per heavy atom. The van der Waals surface area contributed by atoms with Crippen molar-refractivity contribution in [1.82, 2.24) is 9.97 Å². The molecule has 2 N–H and O–H groups in total. The van der Waals surface area contributed by atoms with E-state index in [-0.39, 0.29) is 0 Å². The van der Waals surface area contributed by atoms with Gasteiger partial charge in [0.05, 0.1) is 0 Å². The number of nitrogen functional groups attached to an aromatic ring is 1. The number of rotatable bonds is 1. The summed E-state index contributed by atoms with van der Waals surface area (Å²) in [5, 5.41) is 0. The molecule has 1 aromatic heterocycles. The van der Waals surface area contributed by atoms with Crippen LogP contribution in [0.5, 0.6) is 0 Å². The zero-order chi connectivity index (χ0) is 11.8. The van der Waals surface area contributed by atoms with Gasteiger partial charge in [-0.2, -0.15) is 0 Å². The van der Waals surface area contributed by atoms with E-state index < -0.39 is 0 Å². The summed E-state index contributed by atoms with van der Waals surface area (Å²) < 4.78 is 0. The lowest BCUT2D eigenvalue weighted by atomic mass is 9.84. The van der Waals surface area contributed by atoms with Crippen molar-refractivity contribution in [3.05, 3.63) is 11.9 Å². The number of piperidine rings is 1. The van der Waals surface area contributed by atoms with Gasteiger partial charge in [0, 0.05) is 18.7 Å². The monoisotopic (exact) mass is 220 g/mol. The first-order chi connectivity index (χ1) is 7.49. The fourth-order valence-electron chi connectivity index (χ4n) is 2.38. The zero-order valence-corrected chi connectivity index (χ0v) is 10.3. The Morgan fingerprint density at radius 1 is 1.38 bits per heavy atom. The Labute approximate surface area is 96.9 Å². The third-order valence-corrected chi connectivity index (χ3v) is 3.30. The zero-order valence-electron chi connectivity index (χ0n) is 10.3. The van der Waals surface area contributed by atoms with Gasteiger partial charge in [-0.3, -0.25) is 0 Å². The Kier molecular flexibility index (Phi) is 2.74. The molecule has 0 aliphatic carbocycles. The second kappa shape index (κ2) is 3.92. The summed E-state index contributed by atoms with van der Waals surface area (Å²) in [6.45, 7) is 8.72. The molecule has 0 radical (unpaired) electrons. The predicted octanol–water partition coefficient (Wildman–Crippen LogP) is 1.99. The van der Waals surface area contributed by atoms with Crippen molar-refractivity contribution in [2.75, 3.05) is 23.7 Å². The lowest BCUT2D eigenvalue weighted by Gasteiger charge is -2.39. The van der Waals surface area contributed by atoms with E-state index in [1.807, 2.05) is 6.92 Å². The summed E-state index contributed by atoms with van der Waals surface area (Å²) >= 11 is 0. The van der Waals surface area contributed by atoms with Gasteiger partial charge in [-0.05, 0) is 25.2 Å². The van der Waals surface area contributed by atoms with Gasteiger partial charge in [-0.15, -0.1) is 0 Å². The molecule has 0 bridgehead atoms. The van der Waals surface area contributed by atoms with Gasteiger partial charge >= 0.3 is 0 Å². The molecular weight excluding hydrogens is 200 g/mol. The molecule has 4 heteroatoms. The molecular formula is C12H20N4. The molecule has 1 aromatic rings. The quantitative estimate of drug-likeness (QED) is 0.786. The lowest BCUT2D eigenvalue weighted by Crippen LogP contribution is -2.41. The number of aromatic nitrogens is 2. The van der Waals surface area contributed by atoms with E-state index in [0.29, 0.717) is 11.2 Å². The standard InChI is InChI=1S/C12H20N4/c1-9-10(13)14-8-15-11(9)16-6-4-5-12(2,3)7-16/h8H,4-7H2,1-3H3,(H2,13,14,15). The summed E-state index contributed by atoms with van der Waals surface area (Å²) in [5.74, 6) is 1.59. The molecule has 4 nitrogen and oxygen atoms in total. The van der Waals surface area contributed by atoms with Crippen LogP contribution < -0.4 is 10.6 Å². The van der Waals surface area contributed by atoms with E-state index in [1.165, 1.54) is 12.8 Å². The fraction of sp³-hybridized carbons (Fsp3) is 0.667. The molecule has 2 rings (SSSR count). The summed E-state index contributed by atoms with van der Waals surface area (Å²) in [6, 6.07) is 0. The van der Waals surface area contributed by atoms with Crippen molar-refractivity contribution in [3.8, 4) is 0 Å². The third-order valence-electron chi connectivity index (χ3n) is 3.30. The highest BCUT2D eigenvalue weighted by Gasteiger charge is 2.28. The first kappa shape index (κ1) is 11.2. The van der Waals surface area contributed by atoms with Crippen LogP contribution in [-0.2, 0) is 0 Å². The van der Waals surface area contributed by atoms with Gasteiger partial charge in [0.2, 0.25) is 0 Å². The maximum Gasteiger partial charge on any atom is 0.137 e. The summed E-state index contributed by atoms with van der Waals surface area (Å²) in [4.78, 5) is 10.7. The number of hydrogen-bond acceptors (Lipinski definition) is 4. The summed E-state index contributed by atoms with van der Waals surface area (Å²) in [6.07, 6.45) is 4.05. The Balaban J connectivity index is 2.27. The van der Waals surface area contributed by atoms with E-state index in [1.54, 1.807) is 6.33 Å². The van der Waals surface area contributed by atoms with Gasteiger partial charge in [0.15, 0.2) is 0 Å². The van der Waals surface area contributed by atoms with Crippen LogP contribution >= 0.6 is 0 Å². The largest absolute Gasteiger partial charge is 0.383 e. The number of nitrogens with zero attached hydrogens (tertiary/aromatic N) is 3. The van der Waals surface area contributed by atoms with Crippen LogP contribution in [0.4, 0.5) is 11.6 Å². The molecule has 1 saturated heterocycles. The van der Waals surface area contributed by atoms with Crippen LogP contribution in [0.1, 0.15) is 32.3 Å². The molecule has 0 amide bonds. The minimum absolute atomic E-state index is 0.365. The molecule has 88 valence electrons. The normalized spacial score (nSPS) is 19.8. The molecule has 0 spiro atoms. The van der Waals surface area contributed by atoms with E-state index in [2.05, 4.69) is 28.7 Å². The van der Waals surface area contributed by atoms with Crippen molar-refractivity contribution >= 4 is 11.6 Å². The molecule has 0 unspecified atom stereocenters. The second-order valence-electron chi connectivity index (χ2n) is 5.40.